The van der Waals surface area contributed by atoms with Crippen LogP contribution < -0.4 is 61.6 Å². The van der Waals surface area contributed by atoms with E-state index in [1.165, 1.54) is 18.9 Å². The van der Waals surface area contributed by atoms with Crippen LogP contribution >= 0.6 is 0 Å². The predicted octanol–water partition coefficient (Wildman–Crippen LogP) is 0.924. The van der Waals surface area contributed by atoms with Crippen molar-refractivity contribution in [3.63, 3.8) is 0 Å². The third-order valence-corrected chi connectivity index (χ3v) is 4.86. The first kappa shape index (κ1) is 19.8. The Morgan fingerprint density at radius 1 is 1.22 bits per heavy atom. The first-order chi connectivity index (χ1) is 10.4. The van der Waals surface area contributed by atoms with Crippen LogP contribution in [0.2, 0.25) is 0 Å². The third kappa shape index (κ3) is 4.76. The summed E-state index contributed by atoms with van der Waals surface area (Å²) in [6.45, 7) is -2.89. The maximum atomic E-state index is 12.7. The van der Waals surface area contributed by atoms with Crippen molar-refractivity contribution in [3.05, 3.63) is 23.8 Å². The number of aryl methyl sites for hydroxylation is 1. The monoisotopic (exact) mass is 352 g/mol. The van der Waals surface area contributed by atoms with Gasteiger partial charge >= 0.3 is 58.4 Å². The number of hydrogen-bond acceptors (Lipinski definition) is 2. The first-order valence-corrected chi connectivity index (χ1v) is 7.99. The Morgan fingerprint density at radius 2 is 1.91 bits per heavy atom. The number of benzene rings is 1. The van der Waals surface area contributed by atoms with Gasteiger partial charge in [-0.3, -0.25) is 0 Å². The van der Waals surface area contributed by atoms with E-state index in [9.17, 15) is 12.9 Å². The zero-order valence-electron chi connectivity index (χ0n) is 13.8. The largest absolute Gasteiger partial charge is 1.00 e. The van der Waals surface area contributed by atoms with Gasteiger partial charge in [0.1, 0.15) is 12.4 Å². The summed E-state index contributed by atoms with van der Waals surface area (Å²) in [5, 5.41) is 0. The van der Waals surface area contributed by atoms with Gasteiger partial charge in [-0.05, 0) is 44.2 Å². The minimum atomic E-state index is -4.95. The second kappa shape index (κ2) is 7.79. The molecule has 1 spiro atoms. The van der Waals surface area contributed by atoms with Gasteiger partial charge in [0.25, 0.3) is 0 Å². The summed E-state index contributed by atoms with van der Waals surface area (Å²) in [5.74, 6) is 0.514. The van der Waals surface area contributed by atoms with Gasteiger partial charge in [0.15, 0.2) is 0 Å². The molecule has 0 amide bonds. The minimum Gasteiger partial charge on any atom is -0.491 e. The van der Waals surface area contributed by atoms with Crippen LogP contribution in [0, 0.1) is 6.92 Å². The van der Waals surface area contributed by atoms with Crippen molar-refractivity contribution < 1.29 is 73.8 Å². The van der Waals surface area contributed by atoms with Crippen molar-refractivity contribution in [1.82, 2.24) is 0 Å². The molecule has 7 heteroatoms. The van der Waals surface area contributed by atoms with Gasteiger partial charge < -0.3 is 22.4 Å². The molecule has 1 saturated heterocycles. The van der Waals surface area contributed by atoms with Crippen molar-refractivity contribution in [2.24, 2.45) is 0 Å². The third-order valence-electron chi connectivity index (χ3n) is 4.86. The predicted molar refractivity (Wildman–Crippen MR) is 80.7 cm³/mol. The molecule has 1 saturated carbocycles. The molecule has 1 aromatic rings. The van der Waals surface area contributed by atoms with Gasteiger partial charge in [-0.2, -0.15) is 0 Å². The van der Waals surface area contributed by atoms with E-state index >= 15 is 0 Å². The average molecular weight is 352 g/mol. The van der Waals surface area contributed by atoms with E-state index in [0.29, 0.717) is 17.9 Å². The van der Waals surface area contributed by atoms with Crippen LogP contribution in [0.5, 0.6) is 5.75 Å². The second-order valence-corrected chi connectivity index (χ2v) is 6.58. The van der Waals surface area contributed by atoms with Gasteiger partial charge in [0.2, 0.25) is 0 Å². The van der Waals surface area contributed by atoms with Crippen molar-refractivity contribution in [1.29, 1.82) is 0 Å². The topological polar surface area (TPSA) is 18.5 Å². The van der Waals surface area contributed by atoms with E-state index in [1.54, 1.807) is 6.92 Å². The molecular formula is C16H21BF3KO2. The molecule has 1 aromatic carbocycles. The van der Waals surface area contributed by atoms with E-state index in [0.717, 1.165) is 37.8 Å². The molecule has 1 heterocycles. The van der Waals surface area contributed by atoms with Crippen molar-refractivity contribution in [3.8, 4) is 5.75 Å². The number of rotatable bonds is 4. The average Bonchev–Trinajstić information content (AvgIpc) is 3.07. The second-order valence-electron chi connectivity index (χ2n) is 6.58. The molecule has 1 aliphatic heterocycles. The maximum Gasteiger partial charge on any atom is 1.00 e. The van der Waals surface area contributed by atoms with Crippen LogP contribution in [0.1, 0.15) is 44.1 Å². The normalized spacial score (nSPS) is 23.0. The Balaban J connectivity index is 0.00000192. The Labute approximate surface area is 178 Å². The molecule has 0 N–H and O–H groups in total. The Hall–Kier alpha value is 0.471. The molecule has 23 heavy (non-hydrogen) atoms. The number of halogens is 3. The zero-order chi connectivity index (χ0) is 15.8. The fourth-order valence-electron chi connectivity index (χ4n) is 3.62. The number of hydrogen-bond donors (Lipinski definition) is 0. The van der Waals surface area contributed by atoms with Crippen LogP contribution in [0.3, 0.4) is 0 Å². The summed E-state index contributed by atoms with van der Waals surface area (Å²) in [6.07, 6.45) is 6.83. The van der Waals surface area contributed by atoms with E-state index in [2.05, 4.69) is 0 Å². The quantitative estimate of drug-likeness (QED) is 0.751. The van der Waals surface area contributed by atoms with Crippen LogP contribution in [0.15, 0.2) is 18.2 Å². The fraction of sp³-hybridized carbons (Fsp3) is 0.625. The van der Waals surface area contributed by atoms with Gasteiger partial charge in [0.05, 0.1) is 11.7 Å². The summed E-state index contributed by atoms with van der Waals surface area (Å²) in [7, 11) is 0. The van der Waals surface area contributed by atoms with Crippen LogP contribution in [0.4, 0.5) is 12.9 Å². The van der Waals surface area contributed by atoms with E-state index in [1.807, 2.05) is 0 Å². The van der Waals surface area contributed by atoms with E-state index in [4.69, 9.17) is 9.47 Å². The zero-order valence-corrected chi connectivity index (χ0v) is 16.9. The van der Waals surface area contributed by atoms with Crippen molar-refractivity contribution >= 4 is 12.4 Å². The molecule has 3 rings (SSSR count). The summed E-state index contributed by atoms with van der Waals surface area (Å²) >= 11 is 0. The molecule has 1 atom stereocenters. The standard InChI is InChI=1S/C16H21BF3O2.K/c1-12-10-13(17(18,19)20)4-5-15(12)21-11-14-6-9-16(22-14)7-2-3-8-16;/h4-5,10,14H,2-3,6-9,11H2,1H3;/q-1;+1. The van der Waals surface area contributed by atoms with Gasteiger partial charge in [-0.15, -0.1) is 5.46 Å². The van der Waals surface area contributed by atoms with Crippen molar-refractivity contribution in [2.45, 2.75) is 57.2 Å². The van der Waals surface area contributed by atoms with Crippen LogP contribution in [-0.2, 0) is 4.74 Å². The van der Waals surface area contributed by atoms with Gasteiger partial charge in [-0.1, -0.05) is 25.0 Å². The smallest absolute Gasteiger partial charge is 0.491 e. The SMILES string of the molecule is Cc1cc([B-](F)(F)F)ccc1OCC1CCC2(CCCC2)O1.[K+]. The molecular weight excluding hydrogens is 331 g/mol. The molecule has 2 nitrogen and oxygen atoms in total. The molecule has 0 bridgehead atoms. The molecule has 1 unspecified atom stereocenters. The Morgan fingerprint density at radius 3 is 2.52 bits per heavy atom. The Kier molecular flexibility index (Phi) is 6.70. The van der Waals surface area contributed by atoms with Crippen molar-refractivity contribution in [2.75, 3.05) is 6.61 Å². The summed E-state index contributed by atoms with van der Waals surface area (Å²) in [6, 6.07) is 3.67. The minimum absolute atomic E-state index is 0. The van der Waals surface area contributed by atoms with Crippen LogP contribution in [-0.4, -0.2) is 25.3 Å². The summed E-state index contributed by atoms with van der Waals surface area (Å²) in [4.78, 5) is 0. The number of ether oxygens (including phenoxy) is 2. The fourth-order valence-corrected chi connectivity index (χ4v) is 3.62. The Bertz CT molecular complexity index is 545. The first-order valence-electron chi connectivity index (χ1n) is 7.99. The summed E-state index contributed by atoms with van der Waals surface area (Å²) in [5.41, 5.74) is 0.00305. The van der Waals surface area contributed by atoms with Gasteiger partial charge in [0, 0.05) is 0 Å². The summed E-state index contributed by atoms with van der Waals surface area (Å²) < 4.78 is 50.0. The molecule has 2 fully saturated rings. The van der Waals surface area contributed by atoms with Gasteiger partial charge in [-0.25, -0.2) is 0 Å². The maximum absolute atomic E-state index is 12.7. The molecule has 122 valence electrons. The molecule has 2 aliphatic rings. The molecule has 0 radical (unpaired) electrons. The molecule has 1 aliphatic carbocycles. The van der Waals surface area contributed by atoms with E-state index in [-0.39, 0.29) is 63.1 Å². The van der Waals surface area contributed by atoms with Crippen LogP contribution in [0.25, 0.3) is 0 Å². The molecule has 0 aromatic heterocycles. The van der Waals surface area contributed by atoms with E-state index < -0.39 is 12.4 Å².